The molecule has 4 nitrogen and oxygen atoms in total. The Balaban J connectivity index is 2.20. The Morgan fingerprint density at radius 2 is 1.48 bits per heavy atom. The predicted molar refractivity (Wildman–Crippen MR) is 103 cm³/mol. The molecule has 0 bridgehead atoms. The Morgan fingerprint density at radius 1 is 1.00 bits per heavy atom. The van der Waals surface area contributed by atoms with Crippen LogP contribution >= 0.6 is 23.4 Å². The van der Waals surface area contributed by atoms with Crippen LogP contribution in [0.25, 0.3) is 11.1 Å². The molecule has 1 amide bonds. The zero-order valence-corrected chi connectivity index (χ0v) is 15.7. The summed E-state index contributed by atoms with van der Waals surface area (Å²) in [5, 5.41) is 9.03. The minimum absolute atomic E-state index is 0.223. The van der Waals surface area contributed by atoms with Crippen LogP contribution in [0.4, 0.5) is 4.79 Å². The number of amides is 1. The summed E-state index contributed by atoms with van der Waals surface area (Å²) in [7, 11) is 0. The number of aliphatic carboxylic acids is 1. The van der Waals surface area contributed by atoms with E-state index in [0.29, 0.717) is 23.7 Å². The standard InChI is InChI=1S/C19H20ClNO3S/c1-3-21(4-2)19(24)25-17(18(22)23)15-7-5-13(6-8-15)14-9-11-16(20)12-10-14/h5-12,17H,3-4H2,1-2H3,(H,22,23). The van der Waals surface area contributed by atoms with Crippen LogP contribution in [-0.4, -0.2) is 34.3 Å². The van der Waals surface area contributed by atoms with Crippen LogP contribution in [0.3, 0.4) is 0 Å². The molecule has 0 saturated carbocycles. The molecule has 1 atom stereocenters. The van der Waals surface area contributed by atoms with Gasteiger partial charge in [0.1, 0.15) is 5.25 Å². The highest BCUT2D eigenvalue weighted by atomic mass is 35.5. The second-order valence-corrected chi connectivity index (χ2v) is 6.90. The third kappa shape index (κ3) is 5.00. The monoisotopic (exact) mass is 377 g/mol. The van der Waals surface area contributed by atoms with E-state index < -0.39 is 11.2 Å². The van der Waals surface area contributed by atoms with E-state index in [0.717, 1.165) is 22.9 Å². The SMILES string of the molecule is CCN(CC)C(=O)SC(C(=O)O)c1ccc(-c2ccc(Cl)cc2)cc1. The maximum atomic E-state index is 12.2. The molecule has 1 N–H and O–H groups in total. The number of benzene rings is 2. The van der Waals surface area contributed by atoms with Crippen LogP contribution < -0.4 is 0 Å². The molecular weight excluding hydrogens is 358 g/mol. The lowest BCUT2D eigenvalue weighted by atomic mass is 10.0. The summed E-state index contributed by atoms with van der Waals surface area (Å²) in [6, 6.07) is 14.7. The summed E-state index contributed by atoms with van der Waals surface area (Å²) in [4.78, 5) is 25.5. The van der Waals surface area contributed by atoms with Gasteiger partial charge in [0, 0.05) is 18.1 Å². The number of carboxylic acids is 1. The van der Waals surface area contributed by atoms with Crippen LogP contribution in [0.1, 0.15) is 24.7 Å². The fourth-order valence-corrected chi connectivity index (χ4v) is 3.54. The first-order valence-corrected chi connectivity index (χ1v) is 9.26. The molecule has 0 saturated heterocycles. The normalized spacial score (nSPS) is 11.8. The van der Waals surface area contributed by atoms with Gasteiger partial charge in [0.25, 0.3) is 5.24 Å². The fraction of sp³-hybridized carbons (Fsp3) is 0.263. The Hall–Kier alpha value is -1.98. The number of hydrogen-bond donors (Lipinski definition) is 1. The summed E-state index contributed by atoms with van der Waals surface area (Å²) in [5.41, 5.74) is 2.55. The number of thioether (sulfide) groups is 1. The van der Waals surface area contributed by atoms with Crippen molar-refractivity contribution in [2.75, 3.05) is 13.1 Å². The van der Waals surface area contributed by atoms with Crippen molar-refractivity contribution in [3.63, 3.8) is 0 Å². The lowest BCUT2D eigenvalue weighted by molar-refractivity contribution is -0.136. The van der Waals surface area contributed by atoms with Gasteiger partial charge < -0.3 is 10.0 Å². The van der Waals surface area contributed by atoms with Crippen LogP contribution in [0.5, 0.6) is 0 Å². The van der Waals surface area contributed by atoms with Gasteiger partial charge in [0.05, 0.1) is 0 Å². The summed E-state index contributed by atoms with van der Waals surface area (Å²) >= 11 is 6.73. The van der Waals surface area contributed by atoms with E-state index in [4.69, 9.17) is 11.6 Å². The van der Waals surface area contributed by atoms with Crippen molar-refractivity contribution in [3.05, 3.63) is 59.1 Å². The molecular formula is C19H20ClNO3S. The van der Waals surface area contributed by atoms with Gasteiger partial charge in [-0.25, -0.2) is 0 Å². The first kappa shape index (κ1) is 19.3. The zero-order valence-electron chi connectivity index (χ0n) is 14.1. The summed E-state index contributed by atoms with van der Waals surface area (Å²) < 4.78 is 0. The Morgan fingerprint density at radius 3 is 1.92 bits per heavy atom. The molecule has 0 aliphatic rings. The topological polar surface area (TPSA) is 57.6 Å². The Bertz CT molecular complexity index is 727. The molecule has 2 aromatic carbocycles. The second kappa shape index (κ2) is 8.92. The summed E-state index contributed by atoms with van der Waals surface area (Å²) in [6.07, 6.45) is 0. The number of carboxylic acid groups (broad SMARTS) is 1. The molecule has 2 aromatic rings. The minimum atomic E-state index is -1.02. The first-order chi connectivity index (χ1) is 12.0. The molecule has 0 spiro atoms. The number of carbonyl (C=O) groups excluding carboxylic acids is 1. The average Bonchev–Trinajstić information content (AvgIpc) is 2.61. The highest BCUT2D eigenvalue weighted by Gasteiger charge is 2.26. The number of carbonyl (C=O) groups is 2. The predicted octanol–water partition coefficient (Wildman–Crippen LogP) is 5.33. The van der Waals surface area contributed by atoms with Gasteiger partial charge >= 0.3 is 5.97 Å². The van der Waals surface area contributed by atoms with Gasteiger partial charge in [-0.05, 0) is 54.4 Å². The molecule has 0 aliphatic carbocycles. The first-order valence-electron chi connectivity index (χ1n) is 8.00. The highest BCUT2D eigenvalue weighted by Crippen LogP contribution is 2.32. The molecule has 0 radical (unpaired) electrons. The molecule has 0 aromatic heterocycles. The summed E-state index contributed by atoms with van der Waals surface area (Å²) in [6.45, 7) is 4.87. The molecule has 132 valence electrons. The third-order valence-electron chi connectivity index (χ3n) is 3.86. The van der Waals surface area contributed by atoms with Crippen LogP contribution in [0.2, 0.25) is 5.02 Å². The van der Waals surface area contributed by atoms with Crippen LogP contribution in [0.15, 0.2) is 48.5 Å². The lowest BCUT2D eigenvalue weighted by Gasteiger charge is -2.20. The van der Waals surface area contributed by atoms with Crippen molar-refractivity contribution in [3.8, 4) is 11.1 Å². The molecule has 6 heteroatoms. The van der Waals surface area contributed by atoms with E-state index in [1.807, 2.05) is 50.2 Å². The molecule has 0 aliphatic heterocycles. The minimum Gasteiger partial charge on any atom is -0.480 e. The van der Waals surface area contributed by atoms with Gasteiger partial charge in [0.15, 0.2) is 0 Å². The van der Waals surface area contributed by atoms with E-state index in [1.165, 1.54) is 0 Å². The molecule has 2 rings (SSSR count). The molecule has 0 heterocycles. The molecule has 1 unspecified atom stereocenters. The lowest BCUT2D eigenvalue weighted by Crippen LogP contribution is -2.28. The van der Waals surface area contributed by atoms with Crippen LogP contribution in [-0.2, 0) is 4.79 Å². The Labute approximate surface area is 156 Å². The van der Waals surface area contributed by atoms with E-state index in [1.54, 1.807) is 17.0 Å². The van der Waals surface area contributed by atoms with E-state index >= 15 is 0 Å². The van der Waals surface area contributed by atoms with E-state index in [2.05, 4.69) is 0 Å². The van der Waals surface area contributed by atoms with Gasteiger partial charge in [-0.2, -0.15) is 0 Å². The van der Waals surface area contributed by atoms with Crippen molar-refractivity contribution < 1.29 is 14.7 Å². The number of rotatable bonds is 6. The van der Waals surface area contributed by atoms with Crippen LogP contribution in [0, 0.1) is 0 Å². The van der Waals surface area contributed by atoms with Gasteiger partial charge in [0.2, 0.25) is 0 Å². The Kier molecular flexibility index (Phi) is 6.91. The quantitative estimate of drug-likeness (QED) is 0.739. The fourth-order valence-electron chi connectivity index (χ4n) is 2.41. The largest absolute Gasteiger partial charge is 0.480 e. The maximum absolute atomic E-state index is 12.2. The number of nitrogens with zero attached hydrogens (tertiary/aromatic N) is 1. The van der Waals surface area contributed by atoms with Gasteiger partial charge in [-0.3, -0.25) is 9.59 Å². The number of hydrogen-bond acceptors (Lipinski definition) is 3. The van der Waals surface area contributed by atoms with Crippen molar-refractivity contribution in [2.45, 2.75) is 19.1 Å². The molecule has 25 heavy (non-hydrogen) atoms. The second-order valence-electron chi connectivity index (χ2n) is 5.40. The van der Waals surface area contributed by atoms with Crippen molar-refractivity contribution in [1.29, 1.82) is 0 Å². The van der Waals surface area contributed by atoms with Gasteiger partial charge in [-0.1, -0.05) is 48.0 Å². The highest BCUT2D eigenvalue weighted by molar-refractivity contribution is 8.14. The van der Waals surface area contributed by atoms with E-state index in [9.17, 15) is 14.7 Å². The van der Waals surface area contributed by atoms with Crippen molar-refractivity contribution in [2.24, 2.45) is 0 Å². The maximum Gasteiger partial charge on any atom is 0.321 e. The smallest absolute Gasteiger partial charge is 0.321 e. The van der Waals surface area contributed by atoms with Crippen molar-refractivity contribution in [1.82, 2.24) is 4.90 Å². The zero-order chi connectivity index (χ0) is 18.4. The van der Waals surface area contributed by atoms with E-state index in [-0.39, 0.29) is 5.24 Å². The average molecular weight is 378 g/mol. The third-order valence-corrected chi connectivity index (χ3v) is 5.28. The number of halogens is 1. The van der Waals surface area contributed by atoms with Gasteiger partial charge in [-0.15, -0.1) is 0 Å². The molecule has 0 fully saturated rings. The summed E-state index contributed by atoms with van der Waals surface area (Å²) in [5.74, 6) is -1.02. The van der Waals surface area contributed by atoms with Crippen molar-refractivity contribution >= 4 is 34.6 Å².